The maximum absolute atomic E-state index is 12.8. The van der Waals surface area contributed by atoms with E-state index in [-0.39, 0.29) is 5.92 Å². The van der Waals surface area contributed by atoms with E-state index in [0.717, 1.165) is 34.2 Å². The van der Waals surface area contributed by atoms with E-state index >= 15 is 0 Å². The van der Waals surface area contributed by atoms with Gasteiger partial charge in [0.25, 0.3) is 0 Å². The van der Waals surface area contributed by atoms with Crippen LogP contribution in [-0.2, 0) is 0 Å². The lowest BCUT2D eigenvalue weighted by Gasteiger charge is -2.27. The first kappa shape index (κ1) is 14.8. The maximum Gasteiger partial charge on any atom is 0.165 e. The highest BCUT2D eigenvalue weighted by Gasteiger charge is 2.27. The number of carbonyl (C=O) groups excluding carboxylic acids is 1. The molecule has 0 amide bonds. The molecule has 0 N–H and O–H groups in total. The normalized spacial score (nSPS) is 22.4. The summed E-state index contributed by atoms with van der Waals surface area (Å²) >= 11 is 3.49. The molecule has 0 aliphatic heterocycles. The number of ketones is 1. The van der Waals surface area contributed by atoms with E-state index in [1.54, 1.807) is 0 Å². The van der Waals surface area contributed by atoms with Gasteiger partial charge < -0.3 is 0 Å². The standard InChI is InChI=1S/C19H21BrO/c1-2-13-4-3-5-16(10-13)19(21)17-7-6-15-12-18(20)9-8-14(15)11-17/h6-9,11-13,16H,2-5,10H2,1H3. The third kappa shape index (κ3) is 3.21. The summed E-state index contributed by atoms with van der Waals surface area (Å²) in [5.74, 6) is 1.32. The van der Waals surface area contributed by atoms with Crippen molar-refractivity contribution in [2.24, 2.45) is 11.8 Å². The molecule has 0 spiro atoms. The number of halogens is 1. The lowest BCUT2D eigenvalue weighted by atomic mass is 9.77. The zero-order valence-corrected chi connectivity index (χ0v) is 14.0. The van der Waals surface area contributed by atoms with Crippen LogP contribution in [0.1, 0.15) is 49.4 Å². The average molecular weight is 345 g/mol. The van der Waals surface area contributed by atoms with Gasteiger partial charge in [-0.05, 0) is 47.7 Å². The van der Waals surface area contributed by atoms with Crippen molar-refractivity contribution < 1.29 is 4.79 Å². The summed E-state index contributed by atoms with van der Waals surface area (Å²) in [5, 5.41) is 2.32. The zero-order chi connectivity index (χ0) is 14.8. The molecule has 21 heavy (non-hydrogen) atoms. The molecule has 1 aliphatic rings. The molecule has 3 rings (SSSR count). The number of rotatable bonds is 3. The molecule has 1 fully saturated rings. The fourth-order valence-electron chi connectivity index (χ4n) is 3.51. The third-order valence-corrected chi connectivity index (χ3v) is 5.31. The van der Waals surface area contributed by atoms with Gasteiger partial charge in [-0.25, -0.2) is 0 Å². The Kier molecular flexibility index (Phi) is 4.44. The van der Waals surface area contributed by atoms with E-state index in [4.69, 9.17) is 0 Å². The fraction of sp³-hybridized carbons (Fsp3) is 0.421. The molecule has 0 aromatic heterocycles. The van der Waals surface area contributed by atoms with Crippen LogP contribution in [0.5, 0.6) is 0 Å². The van der Waals surface area contributed by atoms with E-state index in [1.165, 1.54) is 24.6 Å². The van der Waals surface area contributed by atoms with Gasteiger partial charge in [0.15, 0.2) is 5.78 Å². The molecule has 0 bridgehead atoms. The zero-order valence-electron chi connectivity index (χ0n) is 12.4. The van der Waals surface area contributed by atoms with Crippen molar-refractivity contribution in [3.05, 3.63) is 46.4 Å². The Hall–Kier alpha value is -1.15. The van der Waals surface area contributed by atoms with Crippen LogP contribution in [0.15, 0.2) is 40.9 Å². The predicted molar refractivity (Wildman–Crippen MR) is 91.7 cm³/mol. The van der Waals surface area contributed by atoms with Crippen LogP contribution >= 0.6 is 15.9 Å². The van der Waals surface area contributed by atoms with Crippen molar-refractivity contribution in [2.45, 2.75) is 39.0 Å². The SMILES string of the molecule is CCC1CCCC(C(=O)c2ccc3cc(Br)ccc3c2)C1. The van der Waals surface area contributed by atoms with Gasteiger partial charge in [-0.1, -0.05) is 60.3 Å². The summed E-state index contributed by atoms with van der Waals surface area (Å²) in [7, 11) is 0. The monoisotopic (exact) mass is 344 g/mol. The lowest BCUT2D eigenvalue weighted by molar-refractivity contribution is 0.0862. The Morgan fingerprint density at radius 3 is 2.71 bits per heavy atom. The average Bonchev–Trinajstić information content (AvgIpc) is 2.53. The van der Waals surface area contributed by atoms with Crippen molar-refractivity contribution in [1.82, 2.24) is 0 Å². The minimum atomic E-state index is 0.233. The second kappa shape index (κ2) is 6.31. The quantitative estimate of drug-likeness (QED) is 0.624. The van der Waals surface area contributed by atoms with Crippen molar-refractivity contribution in [3.8, 4) is 0 Å². The highest BCUT2D eigenvalue weighted by atomic mass is 79.9. The van der Waals surface area contributed by atoms with E-state index in [0.29, 0.717) is 5.78 Å². The topological polar surface area (TPSA) is 17.1 Å². The van der Waals surface area contributed by atoms with Gasteiger partial charge in [-0.15, -0.1) is 0 Å². The summed E-state index contributed by atoms with van der Waals surface area (Å²) in [4.78, 5) is 12.8. The van der Waals surface area contributed by atoms with Crippen LogP contribution in [0, 0.1) is 11.8 Å². The molecule has 1 nitrogen and oxygen atoms in total. The molecule has 0 radical (unpaired) electrons. The number of carbonyl (C=O) groups is 1. The summed E-state index contributed by atoms with van der Waals surface area (Å²) < 4.78 is 1.08. The molecule has 2 heteroatoms. The second-order valence-electron chi connectivity index (χ2n) is 6.21. The van der Waals surface area contributed by atoms with Crippen molar-refractivity contribution in [1.29, 1.82) is 0 Å². The van der Waals surface area contributed by atoms with Gasteiger partial charge >= 0.3 is 0 Å². The first-order valence-corrected chi connectivity index (χ1v) is 8.70. The predicted octanol–water partition coefficient (Wildman–Crippen LogP) is 6.00. The maximum atomic E-state index is 12.8. The van der Waals surface area contributed by atoms with E-state index in [9.17, 15) is 4.79 Å². The van der Waals surface area contributed by atoms with Gasteiger partial charge in [0, 0.05) is 16.0 Å². The van der Waals surface area contributed by atoms with Gasteiger partial charge in [-0.2, -0.15) is 0 Å². The Morgan fingerprint density at radius 1 is 1.14 bits per heavy atom. The van der Waals surface area contributed by atoms with Crippen molar-refractivity contribution in [2.75, 3.05) is 0 Å². The number of fused-ring (bicyclic) bond motifs is 1. The Bertz CT molecular complexity index is 662. The van der Waals surface area contributed by atoms with E-state index < -0.39 is 0 Å². The molecule has 2 aromatic rings. The van der Waals surface area contributed by atoms with Crippen LogP contribution in [0.25, 0.3) is 10.8 Å². The smallest absolute Gasteiger partial charge is 0.165 e. The molecule has 0 saturated heterocycles. The minimum Gasteiger partial charge on any atom is -0.294 e. The second-order valence-corrected chi connectivity index (χ2v) is 7.12. The Morgan fingerprint density at radius 2 is 1.90 bits per heavy atom. The number of hydrogen-bond donors (Lipinski definition) is 0. The van der Waals surface area contributed by atoms with Crippen LogP contribution in [0.4, 0.5) is 0 Å². The molecule has 0 heterocycles. The molecular formula is C19H21BrO. The van der Waals surface area contributed by atoms with Crippen LogP contribution in [0.2, 0.25) is 0 Å². The molecule has 110 valence electrons. The van der Waals surface area contributed by atoms with Crippen molar-refractivity contribution in [3.63, 3.8) is 0 Å². The third-order valence-electron chi connectivity index (χ3n) is 4.82. The Balaban J connectivity index is 1.85. The van der Waals surface area contributed by atoms with Gasteiger partial charge in [0.1, 0.15) is 0 Å². The summed E-state index contributed by atoms with van der Waals surface area (Å²) in [6.07, 6.45) is 5.85. The van der Waals surface area contributed by atoms with Crippen LogP contribution < -0.4 is 0 Å². The first-order valence-electron chi connectivity index (χ1n) is 7.91. The largest absolute Gasteiger partial charge is 0.294 e. The fourth-order valence-corrected chi connectivity index (χ4v) is 3.88. The van der Waals surface area contributed by atoms with E-state index in [1.807, 2.05) is 12.1 Å². The number of hydrogen-bond acceptors (Lipinski definition) is 1. The van der Waals surface area contributed by atoms with Crippen LogP contribution in [-0.4, -0.2) is 5.78 Å². The molecule has 1 aliphatic carbocycles. The minimum absolute atomic E-state index is 0.233. The van der Waals surface area contributed by atoms with Crippen LogP contribution in [0.3, 0.4) is 0 Å². The molecule has 2 aromatic carbocycles. The van der Waals surface area contributed by atoms with Gasteiger partial charge in [-0.3, -0.25) is 4.79 Å². The lowest BCUT2D eigenvalue weighted by Crippen LogP contribution is -2.22. The number of benzene rings is 2. The van der Waals surface area contributed by atoms with E-state index in [2.05, 4.69) is 47.1 Å². The first-order chi connectivity index (χ1) is 10.2. The molecule has 2 unspecified atom stereocenters. The summed E-state index contributed by atoms with van der Waals surface area (Å²) in [5.41, 5.74) is 0.881. The Labute approximate surface area is 134 Å². The van der Waals surface area contributed by atoms with Crippen molar-refractivity contribution >= 4 is 32.5 Å². The summed E-state index contributed by atoms with van der Waals surface area (Å²) in [6.45, 7) is 2.24. The molecule has 2 atom stereocenters. The van der Waals surface area contributed by atoms with Gasteiger partial charge in [0.2, 0.25) is 0 Å². The molecule has 1 saturated carbocycles. The van der Waals surface area contributed by atoms with Gasteiger partial charge in [0.05, 0.1) is 0 Å². The highest BCUT2D eigenvalue weighted by Crippen LogP contribution is 2.33. The number of Topliss-reactive ketones (excluding diaryl/α,β-unsaturated/α-hetero) is 1. The highest BCUT2D eigenvalue weighted by molar-refractivity contribution is 9.10. The summed E-state index contributed by atoms with van der Waals surface area (Å²) in [6, 6.07) is 12.3. The molecular weight excluding hydrogens is 324 g/mol.